The first kappa shape index (κ1) is 16.0. The van der Waals surface area contributed by atoms with Crippen LogP contribution >= 0.6 is 15.9 Å². The Labute approximate surface area is 122 Å². The SMILES string of the molecule is Cn1ccc(C(=O)NCC(C)(C)CCCBr)cc1=O. The monoisotopic (exact) mass is 328 g/mol. The molecule has 1 aromatic heterocycles. The highest BCUT2D eigenvalue weighted by Crippen LogP contribution is 2.21. The van der Waals surface area contributed by atoms with E-state index in [4.69, 9.17) is 0 Å². The molecule has 1 rings (SSSR count). The van der Waals surface area contributed by atoms with Crippen LogP contribution in [0.2, 0.25) is 0 Å². The maximum atomic E-state index is 12.0. The molecule has 0 fully saturated rings. The molecule has 1 N–H and O–H groups in total. The fourth-order valence-corrected chi connectivity index (χ4v) is 2.03. The lowest BCUT2D eigenvalue weighted by Crippen LogP contribution is -2.34. The van der Waals surface area contributed by atoms with Gasteiger partial charge in [0.1, 0.15) is 0 Å². The summed E-state index contributed by atoms with van der Waals surface area (Å²) in [6, 6.07) is 3.02. The summed E-state index contributed by atoms with van der Waals surface area (Å²) in [4.78, 5) is 23.4. The van der Waals surface area contributed by atoms with Gasteiger partial charge in [-0.2, -0.15) is 0 Å². The number of rotatable bonds is 6. The quantitative estimate of drug-likeness (QED) is 0.815. The molecule has 0 saturated carbocycles. The third-order valence-electron chi connectivity index (χ3n) is 3.08. The number of nitrogens with zero attached hydrogens (tertiary/aromatic N) is 1. The number of nitrogens with one attached hydrogen (secondary N) is 1. The Hall–Kier alpha value is -1.10. The minimum Gasteiger partial charge on any atom is -0.351 e. The number of aromatic nitrogens is 1. The Morgan fingerprint density at radius 2 is 2.16 bits per heavy atom. The van der Waals surface area contributed by atoms with E-state index in [1.807, 2.05) is 0 Å². The minimum atomic E-state index is -0.190. The van der Waals surface area contributed by atoms with E-state index in [1.165, 1.54) is 10.6 Å². The van der Waals surface area contributed by atoms with Crippen molar-refractivity contribution in [3.05, 3.63) is 34.2 Å². The van der Waals surface area contributed by atoms with Crippen molar-refractivity contribution < 1.29 is 4.79 Å². The Balaban J connectivity index is 2.60. The molecular weight excluding hydrogens is 308 g/mol. The highest BCUT2D eigenvalue weighted by atomic mass is 79.9. The number of hydrogen-bond donors (Lipinski definition) is 1. The van der Waals surface area contributed by atoms with E-state index in [9.17, 15) is 9.59 Å². The van der Waals surface area contributed by atoms with Crippen molar-refractivity contribution in [1.82, 2.24) is 9.88 Å². The van der Waals surface area contributed by atoms with Gasteiger partial charge in [-0.25, -0.2) is 0 Å². The molecule has 0 aliphatic rings. The average molecular weight is 329 g/mol. The van der Waals surface area contributed by atoms with Gasteiger partial charge >= 0.3 is 0 Å². The zero-order chi connectivity index (χ0) is 14.5. The second-order valence-corrected chi connectivity index (χ2v) is 6.30. The summed E-state index contributed by atoms with van der Waals surface area (Å²) in [5, 5.41) is 3.86. The number of carbonyl (C=O) groups is 1. The van der Waals surface area contributed by atoms with Crippen LogP contribution in [0.25, 0.3) is 0 Å². The van der Waals surface area contributed by atoms with E-state index in [2.05, 4.69) is 35.1 Å². The number of amides is 1. The third kappa shape index (κ3) is 5.19. The Bertz CT molecular complexity index is 494. The van der Waals surface area contributed by atoms with Gasteiger partial charge in [0.15, 0.2) is 0 Å². The maximum Gasteiger partial charge on any atom is 0.251 e. The Morgan fingerprint density at radius 3 is 2.74 bits per heavy atom. The molecule has 1 heterocycles. The maximum absolute atomic E-state index is 12.0. The number of pyridine rings is 1. The van der Waals surface area contributed by atoms with Crippen LogP contribution in [0.4, 0.5) is 0 Å². The van der Waals surface area contributed by atoms with Crippen LogP contribution in [-0.4, -0.2) is 22.3 Å². The van der Waals surface area contributed by atoms with E-state index in [0.29, 0.717) is 12.1 Å². The molecule has 0 unspecified atom stereocenters. The highest BCUT2D eigenvalue weighted by molar-refractivity contribution is 9.09. The third-order valence-corrected chi connectivity index (χ3v) is 3.64. The zero-order valence-electron chi connectivity index (χ0n) is 11.7. The predicted molar refractivity (Wildman–Crippen MR) is 80.8 cm³/mol. The van der Waals surface area contributed by atoms with E-state index >= 15 is 0 Å². The van der Waals surface area contributed by atoms with Gasteiger partial charge in [-0.3, -0.25) is 9.59 Å². The van der Waals surface area contributed by atoms with Crippen molar-refractivity contribution in [2.24, 2.45) is 12.5 Å². The molecule has 0 aromatic carbocycles. The summed E-state index contributed by atoms with van der Waals surface area (Å²) in [7, 11) is 1.66. The van der Waals surface area contributed by atoms with Crippen LogP contribution in [0.5, 0.6) is 0 Å². The van der Waals surface area contributed by atoms with Crippen LogP contribution in [0, 0.1) is 5.41 Å². The summed E-state index contributed by atoms with van der Waals surface area (Å²) < 4.78 is 1.44. The largest absolute Gasteiger partial charge is 0.351 e. The van der Waals surface area contributed by atoms with E-state index in [0.717, 1.165) is 18.2 Å². The molecule has 0 aliphatic heterocycles. The van der Waals surface area contributed by atoms with Crippen LogP contribution in [-0.2, 0) is 7.05 Å². The average Bonchev–Trinajstić information content (AvgIpc) is 2.37. The molecule has 1 aromatic rings. The van der Waals surface area contributed by atoms with Crippen molar-refractivity contribution >= 4 is 21.8 Å². The first-order chi connectivity index (χ1) is 8.85. The molecule has 0 bridgehead atoms. The second-order valence-electron chi connectivity index (χ2n) is 5.50. The lowest BCUT2D eigenvalue weighted by atomic mass is 9.88. The summed E-state index contributed by atoms with van der Waals surface area (Å²) in [5.41, 5.74) is 0.300. The van der Waals surface area contributed by atoms with E-state index in [-0.39, 0.29) is 16.9 Å². The number of alkyl halides is 1. The summed E-state index contributed by atoms with van der Waals surface area (Å²) in [6.07, 6.45) is 3.72. The van der Waals surface area contributed by atoms with Crippen LogP contribution in [0.15, 0.2) is 23.1 Å². The van der Waals surface area contributed by atoms with Gasteiger partial charge in [0.05, 0.1) is 0 Å². The zero-order valence-corrected chi connectivity index (χ0v) is 13.3. The molecule has 0 spiro atoms. The minimum absolute atomic E-state index is 0.0587. The van der Waals surface area contributed by atoms with E-state index < -0.39 is 0 Å². The molecule has 0 aliphatic carbocycles. The molecule has 0 saturated heterocycles. The van der Waals surface area contributed by atoms with E-state index in [1.54, 1.807) is 19.3 Å². The van der Waals surface area contributed by atoms with Gasteiger partial charge < -0.3 is 9.88 Å². The van der Waals surface area contributed by atoms with Gasteiger partial charge in [0.25, 0.3) is 11.5 Å². The van der Waals surface area contributed by atoms with Crippen molar-refractivity contribution in [1.29, 1.82) is 0 Å². The van der Waals surface area contributed by atoms with Gasteiger partial charge in [-0.15, -0.1) is 0 Å². The second kappa shape index (κ2) is 6.89. The first-order valence-electron chi connectivity index (χ1n) is 6.36. The number of hydrogen-bond acceptors (Lipinski definition) is 2. The van der Waals surface area contributed by atoms with Crippen LogP contribution in [0.1, 0.15) is 37.0 Å². The van der Waals surface area contributed by atoms with Gasteiger partial charge in [-0.1, -0.05) is 29.8 Å². The molecule has 0 atom stereocenters. The fourth-order valence-electron chi connectivity index (χ4n) is 1.75. The number of halogens is 1. The number of carbonyl (C=O) groups excluding carboxylic acids is 1. The smallest absolute Gasteiger partial charge is 0.251 e. The summed E-state index contributed by atoms with van der Waals surface area (Å²) in [5.74, 6) is -0.190. The normalized spacial score (nSPS) is 11.4. The van der Waals surface area contributed by atoms with Gasteiger partial charge in [0.2, 0.25) is 0 Å². The molecule has 19 heavy (non-hydrogen) atoms. The van der Waals surface area contributed by atoms with Gasteiger partial charge in [0, 0.05) is 36.7 Å². The predicted octanol–water partition coefficient (Wildman–Crippen LogP) is 2.32. The van der Waals surface area contributed by atoms with Crippen molar-refractivity contribution in [2.75, 3.05) is 11.9 Å². The topological polar surface area (TPSA) is 51.1 Å². The summed E-state index contributed by atoms with van der Waals surface area (Å²) >= 11 is 3.41. The Kier molecular flexibility index (Phi) is 5.79. The first-order valence-corrected chi connectivity index (χ1v) is 7.49. The van der Waals surface area contributed by atoms with Crippen molar-refractivity contribution in [3.8, 4) is 0 Å². The van der Waals surface area contributed by atoms with Gasteiger partial charge in [-0.05, 0) is 24.3 Å². The summed E-state index contributed by atoms with van der Waals surface area (Å²) in [6.45, 7) is 4.86. The molecule has 1 amide bonds. The standard InChI is InChI=1S/C14H21BrN2O2/c1-14(2,6-4-7-15)10-16-13(19)11-5-8-17(3)12(18)9-11/h5,8-9H,4,6-7,10H2,1-3H3,(H,16,19). The van der Waals surface area contributed by atoms with Crippen LogP contribution in [0.3, 0.4) is 0 Å². The molecule has 0 radical (unpaired) electrons. The highest BCUT2D eigenvalue weighted by Gasteiger charge is 2.18. The number of aryl methyl sites for hydroxylation is 1. The van der Waals surface area contributed by atoms with Crippen LogP contribution < -0.4 is 10.9 Å². The van der Waals surface area contributed by atoms with Crippen molar-refractivity contribution in [2.45, 2.75) is 26.7 Å². The molecule has 5 heteroatoms. The molecule has 4 nitrogen and oxygen atoms in total. The fraction of sp³-hybridized carbons (Fsp3) is 0.571. The molecule has 106 valence electrons. The lowest BCUT2D eigenvalue weighted by molar-refractivity contribution is 0.0934. The molecular formula is C14H21BrN2O2. The Morgan fingerprint density at radius 1 is 1.47 bits per heavy atom. The van der Waals surface area contributed by atoms with Crippen molar-refractivity contribution in [3.63, 3.8) is 0 Å². The lowest BCUT2D eigenvalue weighted by Gasteiger charge is -2.24.